The Kier molecular flexibility index (Phi) is 9.68. The summed E-state index contributed by atoms with van der Waals surface area (Å²) < 4.78 is 44.3. The Hall–Kier alpha value is -4.90. The van der Waals surface area contributed by atoms with Crippen molar-refractivity contribution in [2.45, 2.75) is 19.6 Å². The van der Waals surface area contributed by atoms with Crippen LogP contribution in [0.25, 0.3) is 0 Å². The highest BCUT2D eigenvalue weighted by atomic mass is 19.4. The van der Waals surface area contributed by atoms with E-state index in [0.29, 0.717) is 30.4 Å². The number of nitrogens with one attached hydrogen (secondary N) is 1. The first-order valence-electron chi connectivity index (χ1n) is 14.5. The molecule has 1 fully saturated rings. The average Bonchev–Trinajstić information content (AvgIpc) is 3.03. The summed E-state index contributed by atoms with van der Waals surface area (Å²) in [5, 5.41) is 2.61. The molecule has 1 N–H and O–H groups in total. The number of aromatic nitrogens is 1. The topological polar surface area (TPSA) is 78.0 Å². The Labute approximate surface area is 260 Å². The van der Waals surface area contributed by atoms with Gasteiger partial charge in [-0.25, -0.2) is 4.98 Å². The van der Waals surface area contributed by atoms with E-state index in [1.807, 2.05) is 60.2 Å². The largest absolute Gasteiger partial charge is 0.439 e. The molecule has 0 atom stereocenters. The molecule has 1 aromatic heterocycles. The van der Waals surface area contributed by atoms with Gasteiger partial charge in [0.15, 0.2) is 0 Å². The number of hydrogen-bond acceptors (Lipinski definition) is 6. The standard InChI is InChI=1S/C34H34F3N5O3/c1-24-20-29(40(2)23-32(43)42-18-16-41(17-19-42)22-25-6-4-3-5-7-25)13-14-30(24)45-31-15-12-28(21-38-31)39-33(44)26-8-10-27(11-9-26)34(35,36)37/h3-15,20-21H,16-19,22-23H2,1-2H3,(H,39,44). The number of piperazine rings is 1. The van der Waals surface area contributed by atoms with Crippen LogP contribution >= 0.6 is 0 Å². The minimum absolute atomic E-state index is 0.0875. The number of carbonyl (C=O) groups is 2. The van der Waals surface area contributed by atoms with Gasteiger partial charge >= 0.3 is 6.18 Å². The highest BCUT2D eigenvalue weighted by Gasteiger charge is 2.30. The maximum atomic E-state index is 13.0. The molecule has 0 unspecified atom stereocenters. The van der Waals surface area contributed by atoms with Gasteiger partial charge in [0.25, 0.3) is 5.91 Å². The molecule has 5 rings (SSSR count). The number of nitrogens with zero attached hydrogens (tertiary/aromatic N) is 4. The SMILES string of the molecule is Cc1cc(N(C)CC(=O)N2CCN(Cc3ccccc3)CC2)ccc1Oc1ccc(NC(=O)c2ccc(C(F)(F)F)cc2)cn1. The van der Waals surface area contributed by atoms with E-state index < -0.39 is 17.6 Å². The second kappa shape index (κ2) is 13.8. The summed E-state index contributed by atoms with van der Waals surface area (Å²) in [6.07, 6.45) is -3.07. The molecule has 2 amide bonds. The van der Waals surface area contributed by atoms with Crippen molar-refractivity contribution >= 4 is 23.2 Å². The molecule has 1 saturated heterocycles. The molecule has 0 spiro atoms. The third-order valence-electron chi connectivity index (χ3n) is 7.63. The summed E-state index contributed by atoms with van der Waals surface area (Å²) in [7, 11) is 1.89. The number of ether oxygens (including phenoxy) is 1. The number of anilines is 2. The number of alkyl halides is 3. The van der Waals surface area contributed by atoms with Crippen LogP contribution in [-0.2, 0) is 17.5 Å². The zero-order valence-corrected chi connectivity index (χ0v) is 25.1. The number of halogens is 3. The maximum absolute atomic E-state index is 13.0. The normalized spacial score (nSPS) is 13.8. The number of aryl methyl sites for hydroxylation is 1. The minimum Gasteiger partial charge on any atom is -0.439 e. The van der Waals surface area contributed by atoms with Gasteiger partial charge in [-0.15, -0.1) is 0 Å². The van der Waals surface area contributed by atoms with E-state index in [9.17, 15) is 22.8 Å². The van der Waals surface area contributed by atoms with Gasteiger partial charge in [-0.3, -0.25) is 14.5 Å². The van der Waals surface area contributed by atoms with Crippen LogP contribution in [0.1, 0.15) is 27.0 Å². The van der Waals surface area contributed by atoms with Crippen LogP contribution in [0.4, 0.5) is 24.5 Å². The van der Waals surface area contributed by atoms with E-state index in [-0.39, 0.29) is 18.0 Å². The number of carbonyl (C=O) groups excluding carboxylic acids is 2. The number of pyridine rings is 1. The highest BCUT2D eigenvalue weighted by Crippen LogP contribution is 2.30. The maximum Gasteiger partial charge on any atom is 0.416 e. The number of rotatable bonds is 9. The molecule has 0 bridgehead atoms. The van der Waals surface area contributed by atoms with E-state index in [1.54, 1.807) is 12.1 Å². The van der Waals surface area contributed by atoms with Crippen LogP contribution in [0.3, 0.4) is 0 Å². The number of hydrogen-bond donors (Lipinski definition) is 1. The number of likely N-dealkylation sites (N-methyl/N-ethyl adjacent to an activating group) is 1. The molecule has 45 heavy (non-hydrogen) atoms. The van der Waals surface area contributed by atoms with Crippen molar-refractivity contribution in [2.75, 3.05) is 50.0 Å². The van der Waals surface area contributed by atoms with Gasteiger partial charge in [0.05, 0.1) is 24.0 Å². The fourth-order valence-electron chi connectivity index (χ4n) is 5.02. The molecule has 11 heteroatoms. The average molecular weight is 618 g/mol. The van der Waals surface area contributed by atoms with E-state index in [2.05, 4.69) is 27.3 Å². The fourth-order valence-corrected chi connectivity index (χ4v) is 5.02. The Bertz CT molecular complexity index is 1610. The van der Waals surface area contributed by atoms with Crippen molar-refractivity contribution in [1.82, 2.24) is 14.8 Å². The summed E-state index contributed by atoms with van der Waals surface area (Å²) in [6, 6.07) is 23.1. The van der Waals surface area contributed by atoms with Crippen LogP contribution in [0.5, 0.6) is 11.6 Å². The molecule has 1 aliphatic rings. The molecule has 234 valence electrons. The van der Waals surface area contributed by atoms with Crippen molar-refractivity contribution in [2.24, 2.45) is 0 Å². The van der Waals surface area contributed by atoms with Crippen molar-refractivity contribution in [3.63, 3.8) is 0 Å². The lowest BCUT2D eigenvalue weighted by Crippen LogP contribution is -2.50. The van der Waals surface area contributed by atoms with Gasteiger partial charge in [0.1, 0.15) is 5.75 Å². The predicted molar refractivity (Wildman–Crippen MR) is 166 cm³/mol. The molecule has 0 aliphatic carbocycles. The lowest BCUT2D eigenvalue weighted by atomic mass is 10.1. The molecule has 0 saturated carbocycles. The van der Waals surface area contributed by atoms with Gasteiger partial charge in [-0.05, 0) is 66.6 Å². The Morgan fingerprint density at radius 2 is 1.64 bits per heavy atom. The highest BCUT2D eigenvalue weighted by molar-refractivity contribution is 6.04. The molecule has 8 nitrogen and oxygen atoms in total. The Morgan fingerprint density at radius 1 is 0.933 bits per heavy atom. The third-order valence-corrected chi connectivity index (χ3v) is 7.63. The number of benzene rings is 3. The van der Waals surface area contributed by atoms with Gasteiger partial charge in [0, 0.05) is 57.1 Å². The van der Waals surface area contributed by atoms with E-state index in [4.69, 9.17) is 4.74 Å². The van der Waals surface area contributed by atoms with E-state index >= 15 is 0 Å². The van der Waals surface area contributed by atoms with Crippen molar-refractivity contribution in [1.29, 1.82) is 0 Å². The molecular weight excluding hydrogens is 583 g/mol. The lowest BCUT2D eigenvalue weighted by Gasteiger charge is -2.35. The van der Waals surface area contributed by atoms with Crippen LogP contribution in [0.15, 0.2) is 91.1 Å². The van der Waals surface area contributed by atoms with Crippen LogP contribution < -0.4 is 15.0 Å². The zero-order chi connectivity index (χ0) is 32.0. The van der Waals surface area contributed by atoms with Gasteiger partial charge < -0.3 is 19.9 Å². The van der Waals surface area contributed by atoms with Crippen LogP contribution in [0, 0.1) is 6.92 Å². The summed E-state index contributed by atoms with van der Waals surface area (Å²) in [6.45, 7) is 6.15. The van der Waals surface area contributed by atoms with Crippen molar-refractivity contribution in [3.8, 4) is 11.6 Å². The smallest absolute Gasteiger partial charge is 0.416 e. The van der Waals surface area contributed by atoms with Gasteiger partial charge in [-0.1, -0.05) is 30.3 Å². The molecule has 3 aromatic carbocycles. The van der Waals surface area contributed by atoms with E-state index in [1.165, 1.54) is 11.8 Å². The summed E-state index contributed by atoms with van der Waals surface area (Å²) in [5.41, 5.74) is 2.63. The summed E-state index contributed by atoms with van der Waals surface area (Å²) in [5.74, 6) is 0.415. The Morgan fingerprint density at radius 3 is 2.27 bits per heavy atom. The minimum atomic E-state index is -4.47. The molecule has 1 aliphatic heterocycles. The third kappa shape index (κ3) is 8.39. The predicted octanol–water partition coefficient (Wildman–Crippen LogP) is 6.23. The second-order valence-corrected chi connectivity index (χ2v) is 11.0. The molecule has 0 radical (unpaired) electrons. The summed E-state index contributed by atoms with van der Waals surface area (Å²) in [4.78, 5) is 35.9. The fraction of sp³-hybridized carbons (Fsp3) is 0.265. The monoisotopic (exact) mass is 617 g/mol. The van der Waals surface area contributed by atoms with Gasteiger partial charge in [-0.2, -0.15) is 13.2 Å². The first kappa shape index (κ1) is 31.5. The zero-order valence-electron chi connectivity index (χ0n) is 25.1. The van der Waals surface area contributed by atoms with Crippen LogP contribution in [-0.4, -0.2) is 66.4 Å². The Balaban J connectivity index is 1.10. The molecule has 2 heterocycles. The quantitative estimate of drug-likeness (QED) is 0.240. The van der Waals surface area contributed by atoms with Crippen LogP contribution in [0.2, 0.25) is 0 Å². The first-order chi connectivity index (χ1) is 21.5. The summed E-state index contributed by atoms with van der Waals surface area (Å²) >= 11 is 0. The first-order valence-corrected chi connectivity index (χ1v) is 14.5. The van der Waals surface area contributed by atoms with Crippen molar-refractivity contribution in [3.05, 3.63) is 113 Å². The molecule has 4 aromatic rings. The molecular formula is C34H34F3N5O3. The lowest BCUT2D eigenvalue weighted by molar-refractivity contribution is -0.137. The second-order valence-electron chi connectivity index (χ2n) is 11.0. The number of amides is 2. The van der Waals surface area contributed by atoms with Gasteiger partial charge in [0.2, 0.25) is 11.8 Å². The van der Waals surface area contributed by atoms with Crippen molar-refractivity contribution < 1.29 is 27.5 Å². The van der Waals surface area contributed by atoms with E-state index in [0.717, 1.165) is 55.2 Å².